The van der Waals surface area contributed by atoms with Crippen molar-refractivity contribution in [1.29, 1.82) is 0 Å². The summed E-state index contributed by atoms with van der Waals surface area (Å²) in [5.41, 5.74) is 0. The second kappa shape index (κ2) is 29.2. The Kier molecular flexibility index (Phi) is 65.7. The smallest absolute Gasteiger partial charge is 0.658 e. The van der Waals surface area contributed by atoms with Crippen molar-refractivity contribution >= 4 is 0 Å². The van der Waals surface area contributed by atoms with Gasteiger partial charge in [-0.15, -0.1) is 12.1 Å². The molecule has 0 N–H and O–H groups in total. The normalized spacial score (nSPS) is 6.92. The Balaban J connectivity index is -0.0000000315. The fourth-order valence-electron chi connectivity index (χ4n) is 0.596. The summed E-state index contributed by atoms with van der Waals surface area (Å²) in [4.78, 5) is 0. The topological polar surface area (TPSA) is 14.1 Å². The van der Waals surface area contributed by atoms with E-state index in [9.17, 15) is 0 Å². The Morgan fingerprint density at radius 3 is 0.923 bits per heavy atom. The summed E-state index contributed by atoms with van der Waals surface area (Å²) in [5, 5.41) is 4.28. The van der Waals surface area contributed by atoms with E-state index in [4.69, 9.17) is 0 Å². The second-order valence-corrected chi connectivity index (χ2v) is 2.34. The SMILES string of the molecule is CC(C)[N-]C(C)C.[CH2-]C.[CH2-]C.[Li+].[Zn+2]. The molecule has 1 nitrogen and oxygen atoms in total. The van der Waals surface area contributed by atoms with Gasteiger partial charge >= 0.3 is 38.3 Å². The Hall–Kier alpha value is 1.18. The van der Waals surface area contributed by atoms with Gasteiger partial charge in [0, 0.05) is 0 Å². The molecule has 0 spiro atoms. The van der Waals surface area contributed by atoms with E-state index in [2.05, 4.69) is 46.9 Å². The number of nitrogens with zero attached hydrogens (tertiary/aromatic N) is 1. The predicted octanol–water partition coefficient (Wildman–Crippen LogP) is 0.859. The Morgan fingerprint density at radius 2 is 0.923 bits per heavy atom. The minimum Gasteiger partial charge on any atom is -0.658 e. The van der Waals surface area contributed by atoms with Gasteiger partial charge in [-0.25, -0.2) is 0 Å². The average molecular weight is 231 g/mol. The van der Waals surface area contributed by atoms with Gasteiger partial charge in [-0.3, -0.25) is 0 Å². The molecule has 0 bridgehead atoms. The molecule has 0 aliphatic carbocycles. The molecule has 0 aromatic rings. The Labute approximate surface area is 111 Å². The van der Waals surface area contributed by atoms with Gasteiger partial charge in [0.2, 0.25) is 0 Å². The van der Waals surface area contributed by atoms with Gasteiger partial charge in [0.1, 0.15) is 0 Å². The first-order valence-electron chi connectivity index (χ1n) is 4.24. The van der Waals surface area contributed by atoms with Crippen molar-refractivity contribution in [3.8, 4) is 0 Å². The summed E-state index contributed by atoms with van der Waals surface area (Å²) in [7, 11) is 0. The van der Waals surface area contributed by atoms with Gasteiger partial charge in [0.05, 0.1) is 0 Å². The quantitative estimate of drug-likeness (QED) is 0.494. The van der Waals surface area contributed by atoms with Crippen molar-refractivity contribution in [3.05, 3.63) is 19.2 Å². The van der Waals surface area contributed by atoms with Crippen LogP contribution in [0.25, 0.3) is 5.32 Å². The molecule has 0 atom stereocenters. The maximum atomic E-state index is 4.28. The molecule has 0 rings (SSSR count). The second-order valence-electron chi connectivity index (χ2n) is 2.34. The Morgan fingerprint density at radius 1 is 0.769 bits per heavy atom. The fourth-order valence-corrected chi connectivity index (χ4v) is 0.596. The van der Waals surface area contributed by atoms with Crippen LogP contribution in [0.1, 0.15) is 41.5 Å². The predicted molar refractivity (Wildman–Crippen MR) is 55.7 cm³/mol. The van der Waals surface area contributed by atoms with E-state index in [1.807, 2.05) is 0 Å². The minimum atomic E-state index is 0. The first kappa shape index (κ1) is 29.2. The molecule has 0 aromatic carbocycles. The van der Waals surface area contributed by atoms with Crippen LogP contribution in [0.5, 0.6) is 0 Å². The van der Waals surface area contributed by atoms with Crippen LogP contribution in [0.2, 0.25) is 0 Å². The first-order chi connectivity index (χ1) is 5.13. The van der Waals surface area contributed by atoms with Crippen molar-refractivity contribution in [3.63, 3.8) is 0 Å². The molecule has 0 aromatic heterocycles. The van der Waals surface area contributed by atoms with Crippen LogP contribution in [-0.4, -0.2) is 12.1 Å². The van der Waals surface area contributed by atoms with E-state index in [-0.39, 0.29) is 38.3 Å². The molecule has 0 amide bonds. The molecule has 0 fully saturated rings. The summed E-state index contributed by atoms with van der Waals surface area (Å²) >= 11 is 0. The third-order valence-electron chi connectivity index (χ3n) is 0.596. The van der Waals surface area contributed by atoms with Gasteiger partial charge in [-0.05, 0) is 0 Å². The van der Waals surface area contributed by atoms with Gasteiger partial charge in [-0.2, -0.15) is 13.8 Å². The van der Waals surface area contributed by atoms with Crippen LogP contribution in [0, 0.1) is 13.8 Å². The van der Waals surface area contributed by atoms with Crippen LogP contribution in [0.15, 0.2) is 0 Å². The Bertz CT molecular complexity index is 44.2. The van der Waals surface area contributed by atoms with Crippen molar-refractivity contribution in [2.75, 3.05) is 0 Å². The van der Waals surface area contributed by atoms with Crippen LogP contribution >= 0.6 is 0 Å². The summed E-state index contributed by atoms with van der Waals surface area (Å²) < 4.78 is 0. The molecular weight excluding hydrogens is 206 g/mol. The summed E-state index contributed by atoms with van der Waals surface area (Å²) in [6, 6.07) is 1.000. The minimum absolute atomic E-state index is 0. The monoisotopic (exact) mass is 229 g/mol. The number of hydrogen-bond acceptors (Lipinski definition) is 0. The van der Waals surface area contributed by atoms with Gasteiger partial charge in [0.15, 0.2) is 0 Å². The van der Waals surface area contributed by atoms with E-state index in [1.54, 1.807) is 13.8 Å². The van der Waals surface area contributed by atoms with E-state index < -0.39 is 0 Å². The summed E-state index contributed by atoms with van der Waals surface area (Å²) in [6.45, 7) is 18.4. The number of rotatable bonds is 2. The zero-order valence-corrected chi connectivity index (χ0v) is 13.7. The van der Waals surface area contributed by atoms with Crippen LogP contribution in [0.3, 0.4) is 0 Å². The van der Waals surface area contributed by atoms with Crippen molar-refractivity contribution in [2.24, 2.45) is 0 Å². The number of hydrogen-bond donors (Lipinski definition) is 0. The van der Waals surface area contributed by atoms with E-state index in [0.717, 1.165) is 0 Å². The van der Waals surface area contributed by atoms with E-state index in [0.29, 0.717) is 12.1 Å². The molecule has 0 saturated heterocycles. The van der Waals surface area contributed by atoms with Crippen molar-refractivity contribution in [1.82, 2.24) is 0 Å². The molecule has 0 saturated carbocycles. The fraction of sp³-hybridized carbons (Fsp3) is 0.800. The van der Waals surface area contributed by atoms with Gasteiger partial charge in [0.25, 0.3) is 0 Å². The van der Waals surface area contributed by atoms with Crippen LogP contribution < -0.4 is 18.9 Å². The average Bonchev–Trinajstić information content (AvgIpc) is 1.93. The zero-order valence-electron chi connectivity index (χ0n) is 10.7. The van der Waals surface area contributed by atoms with Gasteiger partial charge in [-0.1, -0.05) is 27.7 Å². The molecule has 0 heterocycles. The maximum Gasteiger partial charge on any atom is 2.00 e. The van der Waals surface area contributed by atoms with E-state index >= 15 is 0 Å². The summed E-state index contributed by atoms with van der Waals surface area (Å²) in [5.74, 6) is 0. The zero-order chi connectivity index (χ0) is 9.86. The van der Waals surface area contributed by atoms with Crippen LogP contribution in [0.4, 0.5) is 0 Å². The molecular formula is C10H24LiNZn. The first-order valence-corrected chi connectivity index (χ1v) is 4.24. The van der Waals surface area contributed by atoms with Crippen molar-refractivity contribution < 1.29 is 38.3 Å². The molecule has 13 heavy (non-hydrogen) atoms. The van der Waals surface area contributed by atoms with Gasteiger partial charge < -0.3 is 19.2 Å². The van der Waals surface area contributed by atoms with E-state index in [1.165, 1.54) is 0 Å². The molecule has 0 radical (unpaired) electrons. The largest absolute Gasteiger partial charge is 2.00 e. The third-order valence-corrected chi connectivity index (χ3v) is 0.596. The maximum absolute atomic E-state index is 4.28. The molecule has 0 unspecified atom stereocenters. The molecule has 0 aliphatic rings. The third kappa shape index (κ3) is 61.4. The van der Waals surface area contributed by atoms with Crippen molar-refractivity contribution in [2.45, 2.75) is 53.6 Å². The standard InChI is InChI=1S/C6H14N.2C2H5.Li.Zn/c1-5(2)7-6(3)4;2*1-2;;/h5-6H,1-4H3;2*1H2,2H3;;/q3*-1;+1;+2. The molecule has 72 valence electrons. The molecule has 3 heteroatoms. The molecule has 0 aliphatic heterocycles. The van der Waals surface area contributed by atoms with Crippen LogP contribution in [-0.2, 0) is 19.5 Å². The summed E-state index contributed by atoms with van der Waals surface area (Å²) in [6.07, 6.45) is 0.